The molecule has 0 bridgehead atoms. The van der Waals surface area contributed by atoms with Crippen LogP contribution in [0.1, 0.15) is 49.6 Å². The second-order valence-corrected chi connectivity index (χ2v) is 15.2. The summed E-state index contributed by atoms with van der Waals surface area (Å²) in [7, 11) is 0. The first-order valence-electron chi connectivity index (χ1n) is 16.7. The number of allylic oxidation sites excluding steroid dienone is 1. The van der Waals surface area contributed by atoms with E-state index in [-0.39, 0.29) is 11.4 Å². The third-order valence-corrected chi connectivity index (χ3v) is 10.3. The number of aromatic amines is 1. The van der Waals surface area contributed by atoms with E-state index in [1.165, 1.54) is 52.7 Å². The molecule has 6 rings (SSSR count). The highest BCUT2D eigenvalue weighted by Gasteiger charge is 2.55. The third kappa shape index (κ3) is 9.10. The Hall–Kier alpha value is -5.54. The zero-order valence-corrected chi connectivity index (χ0v) is 30.7. The van der Waals surface area contributed by atoms with Crippen LogP contribution in [0.4, 0.5) is 4.79 Å². The number of nitrogens with one attached hydrogen (secondary N) is 3. The van der Waals surface area contributed by atoms with Crippen molar-refractivity contribution < 1.29 is 33.8 Å². The molecule has 0 spiro atoms. The van der Waals surface area contributed by atoms with Crippen LogP contribution in [0.5, 0.6) is 5.75 Å². The van der Waals surface area contributed by atoms with E-state index in [9.17, 15) is 24.3 Å². The number of H-pyrrole nitrogens is 1. The number of thioether (sulfide) groups is 2. The van der Waals surface area contributed by atoms with Gasteiger partial charge in [0.25, 0.3) is 5.91 Å². The second-order valence-electron chi connectivity index (χ2n) is 13.1. The number of aromatic hydroxyl groups is 1. The van der Waals surface area contributed by atoms with Crippen molar-refractivity contribution in [3.63, 3.8) is 0 Å². The summed E-state index contributed by atoms with van der Waals surface area (Å²) in [6.45, 7) is 5.09. The van der Waals surface area contributed by atoms with Crippen molar-refractivity contribution in [3.05, 3.63) is 131 Å². The normalized spacial score (nSPS) is 17.6. The Balaban J connectivity index is 1.26. The summed E-state index contributed by atoms with van der Waals surface area (Å²) in [5.41, 5.74) is 1.72. The summed E-state index contributed by atoms with van der Waals surface area (Å²) in [6.07, 6.45) is 3.71. The second kappa shape index (κ2) is 16.4. The molecule has 0 saturated carbocycles. The summed E-state index contributed by atoms with van der Waals surface area (Å²) in [6, 6.07) is 22.2. The Morgan fingerprint density at radius 2 is 1.68 bits per heavy atom. The average molecular weight is 755 g/mol. The minimum absolute atomic E-state index is 0.0247. The number of benzene rings is 3. The van der Waals surface area contributed by atoms with Crippen LogP contribution in [0.15, 0.2) is 120 Å². The van der Waals surface area contributed by atoms with Gasteiger partial charge in [-0.15, -0.1) is 28.6 Å². The maximum absolute atomic E-state index is 14.3. The Morgan fingerprint density at radius 3 is 2.28 bits per heavy atom. The number of phenolic OH excluding ortho intramolecular Hbond substituents is 1. The van der Waals surface area contributed by atoms with Crippen molar-refractivity contribution >= 4 is 47.4 Å². The van der Waals surface area contributed by atoms with E-state index in [4.69, 9.17) is 9.47 Å². The standard InChI is InChI=1S/C38H38N6O7S2/c1-38(2,3)51-37(49)41-29(23-16-18-27(45)19-17-23)33(46)40-30-34(47)44-31(26(22-53-35(30)44)15-10-20-52-28-21-39-43-42-28)36(48)50-32(24-11-6-4-7-12-24)25-13-8-5-9-14-25/h4-19,21,29-30,32,35,45H,20,22H2,1-3H3,(H,40,46)(H,41,49)(H,39,42,43)/b15-10+/t29?,30-,35-/m1/s1. The lowest BCUT2D eigenvalue weighted by atomic mass is 9.99. The number of ether oxygens (including phenoxy) is 2. The largest absolute Gasteiger partial charge is 0.508 e. The molecule has 0 radical (unpaired) electrons. The van der Waals surface area contributed by atoms with Crippen molar-refractivity contribution in [2.24, 2.45) is 0 Å². The fourth-order valence-corrected chi connectivity index (χ4v) is 7.64. The molecule has 1 unspecified atom stereocenters. The number of amides is 3. The van der Waals surface area contributed by atoms with E-state index in [2.05, 4.69) is 26.0 Å². The molecule has 3 atom stereocenters. The summed E-state index contributed by atoms with van der Waals surface area (Å²) >= 11 is 2.86. The van der Waals surface area contributed by atoms with Crippen LogP contribution in [0.2, 0.25) is 0 Å². The van der Waals surface area contributed by atoms with Crippen molar-refractivity contribution in [2.75, 3.05) is 11.5 Å². The van der Waals surface area contributed by atoms with Gasteiger partial charge in [0.15, 0.2) is 6.10 Å². The molecule has 1 aromatic heterocycles. The zero-order chi connectivity index (χ0) is 37.5. The minimum Gasteiger partial charge on any atom is -0.508 e. The van der Waals surface area contributed by atoms with Crippen molar-refractivity contribution in [1.82, 2.24) is 30.9 Å². The number of phenols is 1. The molecule has 4 N–H and O–H groups in total. The first-order valence-corrected chi connectivity index (χ1v) is 18.7. The van der Waals surface area contributed by atoms with Gasteiger partial charge in [-0.3, -0.25) is 19.6 Å². The molecule has 274 valence electrons. The number of carbonyl (C=O) groups excluding carboxylic acids is 4. The molecule has 1 fully saturated rings. The lowest BCUT2D eigenvalue weighted by molar-refractivity contribution is -0.154. The summed E-state index contributed by atoms with van der Waals surface area (Å²) in [5.74, 6) is -1.01. The molecule has 4 aromatic rings. The third-order valence-electron chi connectivity index (χ3n) is 8.12. The number of carbonyl (C=O) groups is 4. The van der Waals surface area contributed by atoms with Crippen LogP contribution < -0.4 is 10.6 Å². The molecule has 3 amide bonds. The number of hydrogen-bond donors (Lipinski definition) is 4. The number of β-lactam (4-membered cyclic amide) rings is 1. The number of rotatable bonds is 12. The van der Waals surface area contributed by atoms with Crippen LogP contribution in [-0.2, 0) is 23.9 Å². The molecule has 53 heavy (non-hydrogen) atoms. The highest BCUT2D eigenvalue weighted by molar-refractivity contribution is 8.00. The molecule has 15 heteroatoms. The van der Waals surface area contributed by atoms with Gasteiger partial charge >= 0.3 is 12.1 Å². The Kier molecular flexibility index (Phi) is 11.5. The predicted molar refractivity (Wildman–Crippen MR) is 199 cm³/mol. The van der Waals surface area contributed by atoms with Gasteiger partial charge < -0.3 is 25.2 Å². The van der Waals surface area contributed by atoms with Crippen LogP contribution in [0, 0.1) is 0 Å². The van der Waals surface area contributed by atoms with Gasteiger partial charge in [0, 0.05) is 11.5 Å². The summed E-state index contributed by atoms with van der Waals surface area (Å²) in [5, 5.41) is 25.6. The molecular weight excluding hydrogens is 717 g/mol. The van der Waals surface area contributed by atoms with E-state index >= 15 is 0 Å². The van der Waals surface area contributed by atoms with E-state index < -0.39 is 53.0 Å². The monoisotopic (exact) mass is 754 g/mol. The van der Waals surface area contributed by atoms with Crippen LogP contribution in [0.3, 0.4) is 0 Å². The summed E-state index contributed by atoms with van der Waals surface area (Å²) in [4.78, 5) is 56.2. The lowest BCUT2D eigenvalue weighted by Crippen LogP contribution is -2.71. The molecule has 2 aliphatic rings. The molecular formula is C38H38N6O7S2. The first kappa shape index (κ1) is 37.2. The maximum atomic E-state index is 14.3. The van der Waals surface area contributed by atoms with Gasteiger partial charge in [0.05, 0.1) is 6.20 Å². The van der Waals surface area contributed by atoms with E-state index in [1.807, 2.05) is 66.7 Å². The van der Waals surface area contributed by atoms with Gasteiger partial charge in [0.2, 0.25) is 5.91 Å². The molecule has 1 saturated heterocycles. The smallest absolute Gasteiger partial charge is 0.408 e. The number of hydrogen-bond acceptors (Lipinski definition) is 11. The fraction of sp³-hybridized carbons (Fsp3) is 0.263. The number of esters is 1. The van der Waals surface area contributed by atoms with Crippen molar-refractivity contribution in [2.45, 2.75) is 55.0 Å². The molecule has 2 aliphatic heterocycles. The van der Waals surface area contributed by atoms with Gasteiger partial charge in [0.1, 0.15) is 39.5 Å². The zero-order valence-electron chi connectivity index (χ0n) is 29.1. The lowest BCUT2D eigenvalue weighted by Gasteiger charge is -2.49. The minimum atomic E-state index is -1.25. The quantitative estimate of drug-likeness (QED) is 0.0827. The molecule has 0 aliphatic carbocycles. The van der Waals surface area contributed by atoms with Crippen LogP contribution in [0.25, 0.3) is 0 Å². The maximum Gasteiger partial charge on any atom is 0.408 e. The number of alkyl carbamates (subject to hydrolysis) is 1. The van der Waals surface area contributed by atoms with E-state index in [0.29, 0.717) is 22.6 Å². The number of fused-ring (bicyclic) bond motifs is 1. The van der Waals surface area contributed by atoms with E-state index in [0.717, 1.165) is 16.2 Å². The molecule has 13 nitrogen and oxygen atoms in total. The van der Waals surface area contributed by atoms with Gasteiger partial charge in [-0.1, -0.05) is 90.2 Å². The number of aromatic nitrogens is 3. The van der Waals surface area contributed by atoms with Gasteiger partial charge in [-0.05, 0) is 55.2 Å². The Bertz CT molecular complexity index is 1950. The highest BCUT2D eigenvalue weighted by Crippen LogP contribution is 2.42. The first-order chi connectivity index (χ1) is 25.5. The molecule has 3 aromatic carbocycles. The van der Waals surface area contributed by atoms with Crippen molar-refractivity contribution in [3.8, 4) is 5.75 Å². The van der Waals surface area contributed by atoms with Crippen LogP contribution in [-0.4, -0.2) is 77.8 Å². The topological polar surface area (TPSA) is 176 Å². The van der Waals surface area contributed by atoms with Gasteiger partial charge in [-0.2, -0.15) is 0 Å². The average Bonchev–Trinajstić information content (AvgIpc) is 3.67. The molecule has 3 heterocycles. The Labute approximate surface area is 314 Å². The van der Waals surface area contributed by atoms with Gasteiger partial charge in [-0.25, -0.2) is 9.59 Å². The fourth-order valence-electron chi connectivity index (χ4n) is 5.72. The number of nitrogens with zero attached hydrogens (tertiary/aromatic N) is 3. The highest BCUT2D eigenvalue weighted by atomic mass is 32.2. The SMILES string of the molecule is CC(C)(C)OC(=O)NC(C(=O)N[C@@H]1C(=O)N2C(C(=O)OC(c3ccccc3)c3ccccc3)=C(/C=C/CSc3cnn[nH]3)CS[C@H]12)c1ccc(O)cc1. The van der Waals surface area contributed by atoms with Crippen LogP contribution >= 0.6 is 23.5 Å². The predicted octanol–water partition coefficient (Wildman–Crippen LogP) is 5.41. The van der Waals surface area contributed by atoms with Crippen molar-refractivity contribution in [1.29, 1.82) is 0 Å². The summed E-state index contributed by atoms with van der Waals surface area (Å²) < 4.78 is 11.6. The Morgan fingerprint density at radius 1 is 1.02 bits per heavy atom. The van der Waals surface area contributed by atoms with E-state index in [1.54, 1.807) is 33.0 Å².